The van der Waals surface area contributed by atoms with Crippen molar-refractivity contribution in [2.45, 2.75) is 19.3 Å². The minimum atomic E-state index is -0.495. The summed E-state index contributed by atoms with van der Waals surface area (Å²) >= 11 is 12.3. The van der Waals surface area contributed by atoms with Crippen molar-refractivity contribution in [3.8, 4) is 6.07 Å². The van der Waals surface area contributed by atoms with Gasteiger partial charge in [-0.2, -0.15) is 5.26 Å². The molecule has 1 aliphatic rings. The first-order valence-corrected chi connectivity index (χ1v) is 8.95. The summed E-state index contributed by atoms with van der Waals surface area (Å²) < 4.78 is 0. The molecule has 134 valence electrons. The van der Waals surface area contributed by atoms with E-state index < -0.39 is 5.56 Å². The van der Waals surface area contributed by atoms with Crippen molar-refractivity contribution in [1.29, 1.82) is 5.26 Å². The van der Waals surface area contributed by atoms with Gasteiger partial charge in [-0.05, 0) is 30.5 Å². The van der Waals surface area contributed by atoms with Gasteiger partial charge in [-0.3, -0.25) is 9.59 Å². The minimum absolute atomic E-state index is 0.00517. The molecule has 1 fully saturated rings. The second-order valence-corrected chi connectivity index (χ2v) is 6.96. The third kappa shape index (κ3) is 3.90. The summed E-state index contributed by atoms with van der Waals surface area (Å²) in [4.78, 5) is 33.3. The van der Waals surface area contributed by atoms with Crippen molar-refractivity contribution in [3.05, 3.63) is 61.7 Å². The highest BCUT2D eigenvalue weighted by Gasteiger charge is 2.25. The van der Waals surface area contributed by atoms with Crippen LogP contribution in [0.1, 0.15) is 34.6 Å². The van der Waals surface area contributed by atoms with Crippen LogP contribution in [-0.4, -0.2) is 33.9 Å². The lowest BCUT2D eigenvalue weighted by Gasteiger charge is -2.28. The van der Waals surface area contributed by atoms with Crippen LogP contribution >= 0.6 is 23.2 Å². The first kappa shape index (κ1) is 18.4. The number of amides is 1. The summed E-state index contributed by atoms with van der Waals surface area (Å²) in [7, 11) is 0. The van der Waals surface area contributed by atoms with Crippen molar-refractivity contribution in [3.63, 3.8) is 0 Å². The maximum atomic E-state index is 12.5. The molecule has 8 heteroatoms. The number of hydrogen-bond donors (Lipinski definition) is 1. The molecule has 1 N–H and O–H groups in total. The molecule has 1 aliphatic heterocycles. The second kappa shape index (κ2) is 7.90. The zero-order valence-corrected chi connectivity index (χ0v) is 15.3. The summed E-state index contributed by atoms with van der Waals surface area (Å²) in [6.07, 6.45) is 2.79. The molecule has 2 heterocycles. The number of piperidine rings is 1. The highest BCUT2D eigenvalue weighted by molar-refractivity contribution is 6.36. The van der Waals surface area contributed by atoms with Gasteiger partial charge < -0.3 is 9.88 Å². The smallest absolute Gasteiger partial charge is 0.263 e. The van der Waals surface area contributed by atoms with E-state index in [9.17, 15) is 9.59 Å². The number of nitrogens with zero attached hydrogens (tertiary/aromatic N) is 3. The van der Waals surface area contributed by atoms with Crippen molar-refractivity contribution in [2.24, 2.45) is 5.92 Å². The van der Waals surface area contributed by atoms with Crippen molar-refractivity contribution in [2.75, 3.05) is 13.1 Å². The predicted molar refractivity (Wildman–Crippen MR) is 98.4 cm³/mol. The molecule has 1 amide bonds. The minimum Gasteiger partial charge on any atom is -0.338 e. The zero-order valence-electron chi connectivity index (χ0n) is 13.8. The molecule has 0 saturated carbocycles. The van der Waals surface area contributed by atoms with Gasteiger partial charge in [0, 0.05) is 41.7 Å². The quantitative estimate of drug-likeness (QED) is 0.871. The van der Waals surface area contributed by atoms with Crippen LogP contribution in [-0.2, 0) is 6.42 Å². The molecule has 1 aromatic heterocycles. The summed E-state index contributed by atoms with van der Waals surface area (Å²) in [6, 6.07) is 7.38. The highest BCUT2D eigenvalue weighted by Crippen LogP contribution is 2.25. The lowest BCUT2D eigenvalue weighted by molar-refractivity contribution is 0.0705. The van der Waals surface area contributed by atoms with Gasteiger partial charge in [0.25, 0.3) is 11.5 Å². The van der Waals surface area contributed by atoms with Crippen LogP contribution in [0.25, 0.3) is 0 Å². The maximum absolute atomic E-state index is 12.5. The summed E-state index contributed by atoms with van der Waals surface area (Å²) in [5.41, 5.74) is 0.164. The number of nitriles is 1. The molecule has 1 saturated heterocycles. The summed E-state index contributed by atoms with van der Waals surface area (Å²) in [6.45, 7) is 0.932. The van der Waals surface area contributed by atoms with E-state index in [0.29, 0.717) is 47.4 Å². The van der Waals surface area contributed by atoms with Gasteiger partial charge in [0.15, 0.2) is 0 Å². The Bertz CT molecular complexity index is 907. The summed E-state index contributed by atoms with van der Waals surface area (Å²) in [5.74, 6) is -0.0135. The number of carbonyl (C=O) groups excluding carboxylic acids is 1. The molecule has 0 unspecified atom stereocenters. The Morgan fingerprint density at radius 3 is 2.54 bits per heavy atom. The lowest BCUT2D eigenvalue weighted by Crippen LogP contribution is -2.40. The Morgan fingerprint density at radius 1 is 1.31 bits per heavy atom. The lowest BCUT2D eigenvalue weighted by atomic mass is 9.98. The second-order valence-electron chi connectivity index (χ2n) is 6.15. The average molecular weight is 391 g/mol. The number of H-pyrrole nitrogens is 1. The molecule has 0 spiro atoms. The molecule has 2 aromatic rings. The third-order valence-electron chi connectivity index (χ3n) is 4.45. The van der Waals surface area contributed by atoms with Crippen LogP contribution in [0.4, 0.5) is 0 Å². The van der Waals surface area contributed by atoms with Crippen LogP contribution in [0, 0.1) is 17.2 Å². The number of aromatic nitrogens is 2. The number of hydrogen-bond acceptors (Lipinski definition) is 4. The molecule has 26 heavy (non-hydrogen) atoms. The fourth-order valence-corrected chi connectivity index (χ4v) is 3.46. The number of halogens is 2. The van der Waals surface area contributed by atoms with Gasteiger partial charge in [0.1, 0.15) is 11.4 Å². The molecule has 0 radical (unpaired) electrons. The fourth-order valence-electron chi connectivity index (χ4n) is 2.92. The first-order valence-electron chi connectivity index (χ1n) is 8.19. The standard InChI is InChI=1S/C18H16Cl2N4O2/c19-14-2-1-3-15(20)12(14)8-16-22-10-13(17(25)23-16)18(26)24-6-4-11(9-21)5-7-24/h1-3,10-11H,4-8H2,(H,22,23,25). The van der Waals surface area contributed by atoms with E-state index in [-0.39, 0.29) is 23.8 Å². The molecule has 0 aliphatic carbocycles. The Morgan fingerprint density at radius 2 is 1.96 bits per heavy atom. The van der Waals surface area contributed by atoms with Crippen molar-refractivity contribution < 1.29 is 4.79 Å². The van der Waals surface area contributed by atoms with E-state index in [0.717, 1.165) is 0 Å². The van der Waals surface area contributed by atoms with Crippen molar-refractivity contribution in [1.82, 2.24) is 14.9 Å². The Balaban J connectivity index is 1.77. The largest absolute Gasteiger partial charge is 0.338 e. The number of rotatable bonds is 3. The van der Waals surface area contributed by atoms with Gasteiger partial charge in [-0.15, -0.1) is 0 Å². The van der Waals surface area contributed by atoms with E-state index in [1.165, 1.54) is 6.20 Å². The molecule has 0 bridgehead atoms. The van der Waals surface area contributed by atoms with Crippen LogP contribution in [0.15, 0.2) is 29.2 Å². The highest BCUT2D eigenvalue weighted by atomic mass is 35.5. The van der Waals surface area contributed by atoms with E-state index in [1.807, 2.05) is 0 Å². The Hall–Kier alpha value is -2.36. The molecular weight excluding hydrogens is 375 g/mol. The number of aromatic amines is 1. The maximum Gasteiger partial charge on any atom is 0.263 e. The summed E-state index contributed by atoms with van der Waals surface area (Å²) in [5, 5.41) is 9.90. The van der Waals surface area contributed by atoms with Gasteiger partial charge in [-0.25, -0.2) is 4.98 Å². The Labute approximate surface area is 160 Å². The SMILES string of the molecule is N#CC1CCN(C(=O)c2cnc(Cc3c(Cl)cccc3Cl)[nH]c2=O)CC1. The molecule has 1 aromatic carbocycles. The van der Waals surface area contributed by atoms with Gasteiger partial charge in [0.05, 0.1) is 6.07 Å². The van der Waals surface area contributed by atoms with E-state index in [1.54, 1.807) is 23.1 Å². The molecule has 3 rings (SSSR count). The first-order chi connectivity index (χ1) is 12.5. The number of carbonyl (C=O) groups is 1. The normalized spacial score (nSPS) is 14.9. The third-order valence-corrected chi connectivity index (χ3v) is 5.16. The monoisotopic (exact) mass is 390 g/mol. The van der Waals surface area contributed by atoms with Crippen LogP contribution in [0.3, 0.4) is 0 Å². The van der Waals surface area contributed by atoms with Crippen LogP contribution in [0.5, 0.6) is 0 Å². The fraction of sp³-hybridized carbons (Fsp3) is 0.333. The van der Waals surface area contributed by atoms with E-state index >= 15 is 0 Å². The molecule has 0 atom stereocenters. The molecule has 6 nitrogen and oxygen atoms in total. The van der Waals surface area contributed by atoms with E-state index in [2.05, 4.69) is 16.0 Å². The van der Waals surface area contributed by atoms with Crippen LogP contribution < -0.4 is 5.56 Å². The van der Waals surface area contributed by atoms with Gasteiger partial charge >= 0.3 is 0 Å². The predicted octanol–water partition coefficient (Wildman–Crippen LogP) is 3.04. The van der Waals surface area contributed by atoms with Crippen LogP contribution in [0.2, 0.25) is 10.0 Å². The van der Waals surface area contributed by atoms with E-state index in [4.69, 9.17) is 28.5 Å². The van der Waals surface area contributed by atoms with Crippen molar-refractivity contribution >= 4 is 29.1 Å². The number of nitrogens with one attached hydrogen (secondary N) is 1. The molecular formula is C18H16Cl2N4O2. The topological polar surface area (TPSA) is 89.8 Å². The Kier molecular flexibility index (Phi) is 5.60. The van der Waals surface area contributed by atoms with Gasteiger partial charge in [-0.1, -0.05) is 29.3 Å². The average Bonchev–Trinajstić information content (AvgIpc) is 2.64. The van der Waals surface area contributed by atoms with Gasteiger partial charge in [0.2, 0.25) is 0 Å². The number of benzene rings is 1. The zero-order chi connectivity index (χ0) is 18.7. The number of likely N-dealkylation sites (tertiary alicyclic amines) is 1.